The number of carbonyl (C=O) groups is 1. The summed E-state index contributed by atoms with van der Waals surface area (Å²) in [6, 6.07) is 6.30. The molecule has 0 aliphatic heterocycles. The van der Waals surface area contributed by atoms with Crippen molar-refractivity contribution in [1.29, 1.82) is 0 Å². The maximum atomic E-state index is 11.5. The third-order valence-electron chi connectivity index (χ3n) is 4.92. The Balaban J connectivity index is 1.75. The van der Waals surface area contributed by atoms with Crippen LogP contribution in [0.25, 0.3) is 0 Å². The predicted octanol–water partition coefficient (Wildman–Crippen LogP) is 2.69. The fourth-order valence-corrected chi connectivity index (χ4v) is 4.32. The molecule has 4 nitrogen and oxygen atoms in total. The number of carboxylic acids is 1. The van der Waals surface area contributed by atoms with Gasteiger partial charge < -0.3 is 5.11 Å². The van der Waals surface area contributed by atoms with Gasteiger partial charge in [0, 0.05) is 6.26 Å². The standard InChI is InChI=1S/C16H20O4S/c1-21(19,20)14-4-2-11(3-5-14)15(16(17)18)8-10-6-12-9-13(12)7-10/h2-5,10,12-13,15H,6-9H2,1H3,(H,17,18)/t12-,13-,15-/m0/s1. The SMILES string of the molecule is CS(=O)(=O)c1ccc([C@H](CC2C[C@H]3C[C@@H]3C2)C(=O)O)cc1. The fourth-order valence-electron chi connectivity index (χ4n) is 3.69. The lowest BCUT2D eigenvalue weighted by atomic mass is 9.86. The molecule has 0 amide bonds. The zero-order valence-corrected chi connectivity index (χ0v) is 12.8. The molecule has 5 heteroatoms. The molecule has 0 bridgehead atoms. The lowest BCUT2D eigenvalue weighted by Gasteiger charge is -2.18. The van der Waals surface area contributed by atoms with Gasteiger partial charge in [0.15, 0.2) is 9.84 Å². The lowest BCUT2D eigenvalue weighted by molar-refractivity contribution is -0.139. The van der Waals surface area contributed by atoms with Gasteiger partial charge in [-0.3, -0.25) is 4.79 Å². The fraction of sp³-hybridized carbons (Fsp3) is 0.562. The molecule has 21 heavy (non-hydrogen) atoms. The molecule has 114 valence electrons. The van der Waals surface area contributed by atoms with Gasteiger partial charge in [-0.25, -0.2) is 8.42 Å². The van der Waals surface area contributed by atoms with E-state index in [0.717, 1.165) is 30.9 Å². The lowest BCUT2D eigenvalue weighted by Crippen LogP contribution is -2.16. The molecule has 1 aromatic carbocycles. The molecule has 2 aliphatic rings. The van der Waals surface area contributed by atoms with Crippen LogP contribution in [0.5, 0.6) is 0 Å². The van der Waals surface area contributed by atoms with E-state index in [9.17, 15) is 18.3 Å². The molecule has 1 aromatic rings. The van der Waals surface area contributed by atoms with Gasteiger partial charge in [0.2, 0.25) is 0 Å². The van der Waals surface area contributed by atoms with Crippen LogP contribution in [0.15, 0.2) is 29.2 Å². The van der Waals surface area contributed by atoms with Crippen molar-refractivity contribution >= 4 is 15.8 Å². The molecule has 3 atom stereocenters. The van der Waals surface area contributed by atoms with E-state index in [4.69, 9.17) is 0 Å². The van der Waals surface area contributed by atoms with Crippen molar-refractivity contribution in [3.63, 3.8) is 0 Å². The van der Waals surface area contributed by atoms with Gasteiger partial charge in [0.1, 0.15) is 0 Å². The first-order valence-corrected chi connectivity index (χ1v) is 9.26. The average Bonchev–Trinajstić information content (AvgIpc) is 3.02. The third kappa shape index (κ3) is 3.12. The van der Waals surface area contributed by atoms with Crippen molar-refractivity contribution in [2.45, 2.75) is 36.5 Å². The molecule has 0 heterocycles. The molecule has 2 aliphatic carbocycles. The number of sulfone groups is 1. The highest BCUT2D eigenvalue weighted by Crippen LogP contribution is 2.56. The van der Waals surface area contributed by atoms with E-state index >= 15 is 0 Å². The van der Waals surface area contributed by atoms with Crippen molar-refractivity contribution < 1.29 is 18.3 Å². The molecule has 0 unspecified atom stereocenters. The second-order valence-corrected chi connectivity index (χ2v) is 8.58. The first-order valence-electron chi connectivity index (χ1n) is 7.37. The summed E-state index contributed by atoms with van der Waals surface area (Å²) < 4.78 is 22.9. The van der Waals surface area contributed by atoms with E-state index in [-0.39, 0.29) is 4.90 Å². The summed E-state index contributed by atoms with van der Waals surface area (Å²) in [4.78, 5) is 11.8. The Bertz CT molecular complexity index is 637. The molecule has 2 saturated carbocycles. The van der Waals surface area contributed by atoms with Gasteiger partial charge in [0.05, 0.1) is 10.8 Å². The van der Waals surface area contributed by atoms with Crippen LogP contribution in [0.3, 0.4) is 0 Å². The molecular formula is C16H20O4S. The number of hydrogen-bond donors (Lipinski definition) is 1. The summed E-state index contributed by atoms with van der Waals surface area (Å²) in [5, 5.41) is 9.48. The van der Waals surface area contributed by atoms with Crippen LogP contribution in [0.2, 0.25) is 0 Å². The summed E-state index contributed by atoms with van der Waals surface area (Å²) in [6.07, 6.45) is 5.48. The highest BCUT2D eigenvalue weighted by molar-refractivity contribution is 7.90. The number of aliphatic carboxylic acids is 1. The van der Waals surface area contributed by atoms with Gasteiger partial charge in [-0.05, 0) is 61.1 Å². The van der Waals surface area contributed by atoms with Gasteiger partial charge in [-0.1, -0.05) is 12.1 Å². The zero-order chi connectivity index (χ0) is 15.2. The largest absolute Gasteiger partial charge is 0.481 e. The Hall–Kier alpha value is -1.36. The van der Waals surface area contributed by atoms with Crippen LogP contribution < -0.4 is 0 Å². The normalized spacial score (nSPS) is 26.3. The summed E-state index contributed by atoms with van der Waals surface area (Å²) in [5.41, 5.74) is 0.704. The molecule has 0 saturated heterocycles. The molecule has 1 N–H and O–H groups in total. The molecule has 3 rings (SSSR count). The van der Waals surface area contributed by atoms with Crippen LogP contribution in [0, 0.1) is 17.8 Å². The first-order chi connectivity index (χ1) is 9.84. The predicted molar refractivity (Wildman–Crippen MR) is 78.9 cm³/mol. The van der Waals surface area contributed by atoms with Crippen LogP contribution in [0.1, 0.15) is 37.2 Å². The van der Waals surface area contributed by atoms with Gasteiger partial charge >= 0.3 is 5.97 Å². The Kier molecular flexibility index (Phi) is 3.56. The van der Waals surface area contributed by atoms with E-state index in [1.807, 2.05) is 0 Å². The summed E-state index contributed by atoms with van der Waals surface area (Å²) in [7, 11) is -3.24. The Morgan fingerprint density at radius 2 is 1.76 bits per heavy atom. The van der Waals surface area contributed by atoms with Crippen molar-refractivity contribution in [2.75, 3.05) is 6.26 Å². The Morgan fingerprint density at radius 3 is 2.24 bits per heavy atom. The second-order valence-electron chi connectivity index (χ2n) is 6.56. The topological polar surface area (TPSA) is 71.4 Å². The molecule has 0 radical (unpaired) electrons. The average molecular weight is 308 g/mol. The Morgan fingerprint density at radius 1 is 1.19 bits per heavy atom. The summed E-state index contributed by atoms with van der Waals surface area (Å²) in [5.74, 6) is 0.849. The summed E-state index contributed by atoms with van der Waals surface area (Å²) >= 11 is 0. The Labute approximate surface area is 125 Å². The smallest absolute Gasteiger partial charge is 0.310 e. The van der Waals surface area contributed by atoms with E-state index in [1.54, 1.807) is 12.1 Å². The maximum absolute atomic E-state index is 11.5. The van der Waals surface area contributed by atoms with E-state index < -0.39 is 21.7 Å². The quantitative estimate of drug-likeness (QED) is 0.908. The van der Waals surface area contributed by atoms with Crippen molar-refractivity contribution in [3.05, 3.63) is 29.8 Å². The molecule has 2 fully saturated rings. The van der Waals surface area contributed by atoms with Gasteiger partial charge in [-0.15, -0.1) is 0 Å². The molecule has 0 aromatic heterocycles. The minimum absolute atomic E-state index is 0.234. The van der Waals surface area contributed by atoms with Crippen LogP contribution in [0.4, 0.5) is 0 Å². The highest BCUT2D eigenvalue weighted by Gasteiger charge is 2.46. The van der Waals surface area contributed by atoms with E-state index in [2.05, 4.69) is 0 Å². The third-order valence-corrected chi connectivity index (χ3v) is 6.05. The monoisotopic (exact) mass is 308 g/mol. The minimum Gasteiger partial charge on any atom is -0.481 e. The van der Waals surface area contributed by atoms with Crippen molar-refractivity contribution in [2.24, 2.45) is 17.8 Å². The van der Waals surface area contributed by atoms with Crippen molar-refractivity contribution in [1.82, 2.24) is 0 Å². The van der Waals surface area contributed by atoms with E-state index in [0.29, 0.717) is 17.9 Å². The number of benzene rings is 1. The number of carboxylic acid groups (broad SMARTS) is 1. The van der Waals surface area contributed by atoms with Gasteiger partial charge in [0.25, 0.3) is 0 Å². The van der Waals surface area contributed by atoms with Crippen LogP contribution >= 0.6 is 0 Å². The minimum atomic E-state index is -3.24. The highest BCUT2D eigenvalue weighted by atomic mass is 32.2. The number of hydrogen-bond acceptors (Lipinski definition) is 3. The van der Waals surface area contributed by atoms with Gasteiger partial charge in [-0.2, -0.15) is 0 Å². The number of rotatable bonds is 5. The summed E-state index contributed by atoms with van der Waals surface area (Å²) in [6.45, 7) is 0. The molecular weight excluding hydrogens is 288 g/mol. The molecule has 0 spiro atoms. The maximum Gasteiger partial charge on any atom is 0.310 e. The van der Waals surface area contributed by atoms with E-state index in [1.165, 1.54) is 18.6 Å². The number of fused-ring (bicyclic) bond motifs is 1. The van der Waals surface area contributed by atoms with Crippen LogP contribution in [-0.4, -0.2) is 25.7 Å². The zero-order valence-electron chi connectivity index (χ0n) is 12.0. The van der Waals surface area contributed by atoms with Crippen molar-refractivity contribution in [3.8, 4) is 0 Å². The second kappa shape index (κ2) is 5.13. The van der Waals surface area contributed by atoms with Crippen LogP contribution in [-0.2, 0) is 14.6 Å². The first kappa shape index (κ1) is 14.6.